The first kappa shape index (κ1) is 23.2. The molecule has 0 unspecified atom stereocenters. The third kappa shape index (κ3) is 4.82. The molecule has 1 amide bonds. The summed E-state index contributed by atoms with van der Waals surface area (Å²) in [4.78, 5) is 31.7. The molecule has 3 aromatic carbocycles. The highest BCUT2D eigenvalue weighted by molar-refractivity contribution is 6.31. The van der Waals surface area contributed by atoms with E-state index in [0.717, 1.165) is 47.0 Å². The SMILES string of the molecule is CCc1ccc(NC(=O)[C@H]2CCCN(c3c(-c4ccccc4)c4cc(Cl)ccc4[nH]c3=O)C2)cc1. The van der Waals surface area contributed by atoms with Gasteiger partial charge in [0.1, 0.15) is 5.69 Å². The molecule has 2 N–H and O–H groups in total. The summed E-state index contributed by atoms with van der Waals surface area (Å²) in [6.07, 6.45) is 2.57. The molecule has 5 nitrogen and oxygen atoms in total. The van der Waals surface area contributed by atoms with E-state index in [-0.39, 0.29) is 17.4 Å². The van der Waals surface area contributed by atoms with E-state index < -0.39 is 0 Å². The van der Waals surface area contributed by atoms with Gasteiger partial charge in [-0.25, -0.2) is 0 Å². The number of hydrogen-bond donors (Lipinski definition) is 2. The van der Waals surface area contributed by atoms with Crippen LogP contribution in [0.15, 0.2) is 77.6 Å². The maximum Gasteiger partial charge on any atom is 0.272 e. The van der Waals surface area contributed by atoms with E-state index in [9.17, 15) is 9.59 Å². The summed E-state index contributed by atoms with van der Waals surface area (Å²) in [7, 11) is 0. The summed E-state index contributed by atoms with van der Waals surface area (Å²) in [5.74, 6) is -0.229. The summed E-state index contributed by atoms with van der Waals surface area (Å²) in [6, 6.07) is 23.4. The number of pyridine rings is 1. The number of nitrogens with one attached hydrogen (secondary N) is 2. The summed E-state index contributed by atoms with van der Waals surface area (Å²) in [5, 5.41) is 4.56. The second-order valence-corrected chi connectivity index (χ2v) is 9.49. The van der Waals surface area contributed by atoms with Crippen molar-refractivity contribution < 1.29 is 4.79 Å². The van der Waals surface area contributed by atoms with Crippen molar-refractivity contribution in [2.75, 3.05) is 23.3 Å². The van der Waals surface area contributed by atoms with Crippen LogP contribution in [0.3, 0.4) is 0 Å². The standard InChI is InChI=1S/C29H28ClN3O2/c1-2-19-10-13-23(14-11-19)31-28(34)21-9-6-16-33(18-21)27-26(20-7-4-3-5-8-20)24-17-22(30)12-15-25(24)32-29(27)35/h3-5,7-8,10-15,17,21H,2,6,9,16,18H2,1H3,(H,31,34)(H,32,35)/t21-/m0/s1. The van der Waals surface area contributed by atoms with Crippen molar-refractivity contribution in [1.29, 1.82) is 0 Å². The molecule has 1 aliphatic rings. The summed E-state index contributed by atoms with van der Waals surface area (Å²) in [5.41, 5.74) is 5.00. The van der Waals surface area contributed by atoms with Gasteiger partial charge in [-0.05, 0) is 60.7 Å². The number of nitrogens with zero attached hydrogens (tertiary/aromatic N) is 1. The van der Waals surface area contributed by atoms with Crippen LogP contribution in [0.25, 0.3) is 22.0 Å². The number of fused-ring (bicyclic) bond motifs is 1. The number of carbonyl (C=O) groups excluding carboxylic acids is 1. The molecule has 0 saturated carbocycles. The van der Waals surface area contributed by atoms with Crippen LogP contribution in [0, 0.1) is 5.92 Å². The van der Waals surface area contributed by atoms with Crippen LogP contribution in [0.2, 0.25) is 5.02 Å². The van der Waals surface area contributed by atoms with Gasteiger partial charge in [-0.1, -0.05) is 61.0 Å². The molecule has 2 heterocycles. The minimum atomic E-state index is -0.215. The minimum absolute atomic E-state index is 0.0135. The van der Waals surface area contributed by atoms with Gasteiger partial charge >= 0.3 is 0 Å². The normalized spacial score (nSPS) is 15.8. The van der Waals surface area contributed by atoms with Gasteiger partial charge in [0.2, 0.25) is 5.91 Å². The van der Waals surface area contributed by atoms with Crippen molar-refractivity contribution in [2.45, 2.75) is 26.2 Å². The maximum atomic E-state index is 13.4. The smallest absolute Gasteiger partial charge is 0.272 e. The number of anilines is 2. The fourth-order valence-corrected chi connectivity index (χ4v) is 5.09. The number of carbonyl (C=O) groups is 1. The van der Waals surface area contributed by atoms with Gasteiger partial charge in [0.25, 0.3) is 5.56 Å². The van der Waals surface area contributed by atoms with Crippen molar-refractivity contribution >= 4 is 39.8 Å². The Labute approximate surface area is 209 Å². The van der Waals surface area contributed by atoms with E-state index in [4.69, 9.17) is 11.6 Å². The van der Waals surface area contributed by atoms with Crippen molar-refractivity contribution in [3.05, 3.63) is 93.7 Å². The fourth-order valence-electron chi connectivity index (χ4n) is 4.92. The Morgan fingerprint density at radius 2 is 1.86 bits per heavy atom. The number of aromatic nitrogens is 1. The van der Waals surface area contributed by atoms with Gasteiger partial charge in [-0.2, -0.15) is 0 Å². The van der Waals surface area contributed by atoms with Crippen LogP contribution in [0.4, 0.5) is 11.4 Å². The molecule has 6 heteroatoms. The van der Waals surface area contributed by atoms with Crippen LogP contribution in [0.1, 0.15) is 25.3 Å². The third-order valence-electron chi connectivity index (χ3n) is 6.75. The zero-order valence-electron chi connectivity index (χ0n) is 19.7. The number of H-pyrrole nitrogens is 1. The monoisotopic (exact) mass is 485 g/mol. The molecule has 1 aliphatic heterocycles. The first-order valence-corrected chi connectivity index (χ1v) is 12.5. The Kier molecular flexibility index (Phi) is 6.60. The molecule has 35 heavy (non-hydrogen) atoms. The lowest BCUT2D eigenvalue weighted by molar-refractivity contribution is -0.120. The summed E-state index contributed by atoms with van der Waals surface area (Å²) >= 11 is 6.36. The average molecular weight is 486 g/mol. The van der Waals surface area contributed by atoms with Crippen molar-refractivity contribution in [3.8, 4) is 11.1 Å². The summed E-state index contributed by atoms with van der Waals surface area (Å²) < 4.78 is 0. The zero-order chi connectivity index (χ0) is 24.4. The molecule has 5 rings (SSSR count). The summed E-state index contributed by atoms with van der Waals surface area (Å²) in [6.45, 7) is 3.30. The predicted octanol–water partition coefficient (Wildman–Crippen LogP) is 6.27. The third-order valence-corrected chi connectivity index (χ3v) is 6.99. The molecule has 0 bridgehead atoms. The lowest BCUT2D eigenvalue weighted by Gasteiger charge is -2.34. The number of aromatic amines is 1. The largest absolute Gasteiger partial charge is 0.366 e. The van der Waals surface area contributed by atoms with E-state index in [1.807, 2.05) is 66.7 Å². The molecule has 0 spiro atoms. The molecule has 0 aliphatic carbocycles. The van der Waals surface area contributed by atoms with E-state index in [1.165, 1.54) is 5.56 Å². The molecule has 1 fully saturated rings. The van der Waals surface area contributed by atoms with Crippen LogP contribution < -0.4 is 15.8 Å². The first-order chi connectivity index (χ1) is 17.0. The Morgan fingerprint density at radius 3 is 2.60 bits per heavy atom. The molecule has 1 aromatic heterocycles. The molecular formula is C29H28ClN3O2. The van der Waals surface area contributed by atoms with Crippen molar-refractivity contribution in [2.24, 2.45) is 5.92 Å². The molecule has 178 valence electrons. The zero-order valence-corrected chi connectivity index (χ0v) is 20.4. The number of hydrogen-bond acceptors (Lipinski definition) is 3. The Hall–Kier alpha value is -3.57. The number of piperidine rings is 1. The quantitative estimate of drug-likeness (QED) is 0.350. The number of amides is 1. The van der Waals surface area contributed by atoms with Crippen LogP contribution in [-0.4, -0.2) is 24.0 Å². The van der Waals surface area contributed by atoms with Crippen LogP contribution in [0.5, 0.6) is 0 Å². The molecule has 1 saturated heterocycles. The number of rotatable bonds is 5. The Bertz CT molecular complexity index is 1410. The highest BCUT2D eigenvalue weighted by Gasteiger charge is 2.29. The molecular weight excluding hydrogens is 458 g/mol. The number of aryl methyl sites for hydroxylation is 1. The highest BCUT2D eigenvalue weighted by atomic mass is 35.5. The van der Waals surface area contributed by atoms with E-state index in [2.05, 4.69) is 22.1 Å². The molecule has 1 atom stereocenters. The first-order valence-electron chi connectivity index (χ1n) is 12.1. The van der Waals surface area contributed by atoms with Crippen LogP contribution in [-0.2, 0) is 11.2 Å². The van der Waals surface area contributed by atoms with E-state index in [1.54, 1.807) is 6.07 Å². The maximum absolute atomic E-state index is 13.4. The average Bonchev–Trinajstić information content (AvgIpc) is 2.89. The van der Waals surface area contributed by atoms with Crippen LogP contribution >= 0.6 is 11.6 Å². The van der Waals surface area contributed by atoms with Gasteiger partial charge in [-0.3, -0.25) is 9.59 Å². The highest BCUT2D eigenvalue weighted by Crippen LogP contribution is 2.37. The van der Waals surface area contributed by atoms with Gasteiger partial charge < -0.3 is 15.2 Å². The number of benzene rings is 3. The van der Waals surface area contributed by atoms with Gasteiger partial charge in [0.05, 0.1) is 5.92 Å². The van der Waals surface area contributed by atoms with E-state index in [0.29, 0.717) is 23.8 Å². The lowest BCUT2D eigenvalue weighted by Crippen LogP contribution is -2.43. The fraction of sp³-hybridized carbons (Fsp3) is 0.241. The lowest BCUT2D eigenvalue weighted by atomic mass is 9.93. The Balaban J connectivity index is 1.50. The number of halogens is 1. The van der Waals surface area contributed by atoms with Gasteiger partial charge in [-0.15, -0.1) is 0 Å². The minimum Gasteiger partial charge on any atom is -0.366 e. The molecule has 4 aromatic rings. The van der Waals surface area contributed by atoms with Gasteiger partial charge in [0.15, 0.2) is 0 Å². The molecule has 0 radical (unpaired) electrons. The van der Waals surface area contributed by atoms with Crippen molar-refractivity contribution in [1.82, 2.24) is 4.98 Å². The topological polar surface area (TPSA) is 65.2 Å². The van der Waals surface area contributed by atoms with E-state index >= 15 is 0 Å². The van der Waals surface area contributed by atoms with Crippen molar-refractivity contribution in [3.63, 3.8) is 0 Å². The second-order valence-electron chi connectivity index (χ2n) is 9.06. The Morgan fingerprint density at radius 1 is 1.09 bits per heavy atom. The van der Waals surface area contributed by atoms with Gasteiger partial charge in [0, 0.05) is 40.3 Å². The second kappa shape index (κ2) is 9.96. The predicted molar refractivity (Wildman–Crippen MR) is 144 cm³/mol.